The Balaban J connectivity index is 0. The molecule has 0 saturated heterocycles. The third kappa shape index (κ3) is 5.11. The molecule has 0 aliphatic carbocycles. The van der Waals surface area contributed by atoms with Gasteiger partial charge in [-0.05, 0) is 6.92 Å². The minimum absolute atomic E-state index is 0. The first-order valence-corrected chi connectivity index (χ1v) is 3.07. The summed E-state index contributed by atoms with van der Waals surface area (Å²) < 4.78 is 4.77. The molecule has 0 saturated carbocycles. The summed E-state index contributed by atoms with van der Waals surface area (Å²) in [6.07, 6.45) is 1.44. The Kier molecular flexibility index (Phi) is 9.82. The van der Waals surface area contributed by atoms with Crippen LogP contribution in [0.2, 0.25) is 0 Å². The van der Waals surface area contributed by atoms with Gasteiger partial charge in [-0.1, -0.05) is 6.19 Å². The van der Waals surface area contributed by atoms with Crippen LogP contribution in [-0.4, -0.2) is 6.61 Å². The maximum absolute atomic E-state index is 8.37. The standard InChI is InChI=1S/C7H5N4O.Na/c1-2-12-7(11-5-10)6(3-8)4-9;/h2H2,1H3;/q-1;+1. The number of hydrogen-bond donors (Lipinski definition) is 0. The normalized spacial score (nSPS) is 6.31. The van der Waals surface area contributed by atoms with Crippen LogP contribution in [0.1, 0.15) is 6.92 Å². The molecule has 0 aliphatic rings. The van der Waals surface area contributed by atoms with E-state index in [0.29, 0.717) is 0 Å². The van der Waals surface area contributed by atoms with Crippen molar-refractivity contribution in [3.63, 3.8) is 0 Å². The number of allylic oxidation sites excluding steroid dienone is 1. The number of nitrogens with zero attached hydrogens (tertiary/aromatic N) is 4. The summed E-state index contributed by atoms with van der Waals surface area (Å²) in [5.41, 5.74) is -0.293. The smallest absolute Gasteiger partial charge is 0.495 e. The Labute approximate surface area is 98.5 Å². The quantitative estimate of drug-likeness (QED) is 0.222. The molecule has 5 nitrogen and oxygen atoms in total. The van der Waals surface area contributed by atoms with Crippen LogP contribution in [0.5, 0.6) is 0 Å². The second-order valence-corrected chi connectivity index (χ2v) is 1.55. The van der Waals surface area contributed by atoms with Crippen molar-refractivity contribution in [3.8, 4) is 18.3 Å². The largest absolute Gasteiger partial charge is 1.00 e. The van der Waals surface area contributed by atoms with E-state index in [9.17, 15) is 0 Å². The first-order chi connectivity index (χ1) is 5.79. The van der Waals surface area contributed by atoms with Gasteiger partial charge in [0.05, 0.1) is 6.61 Å². The molecular weight excluding hydrogens is 179 g/mol. The Morgan fingerprint density at radius 1 is 1.31 bits per heavy atom. The molecule has 0 heterocycles. The molecule has 6 heteroatoms. The molecule has 0 aliphatic heterocycles. The van der Waals surface area contributed by atoms with Crippen molar-refractivity contribution in [2.75, 3.05) is 6.61 Å². The average molecular weight is 184 g/mol. The van der Waals surface area contributed by atoms with Gasteiger partial charge in [0, 0.05) is 0 Å². The van der Waals surface area contributed by atoms with Gasteiger partial charge in [0.2, 0.25) is 0 Å². The molecular formula is C7H5N4NaO. The van der Waals surface area contributed by atoms with Crippen molar-refractivity contribution in [2.45, 2.75) is 6.92 Å². The topological polar surface area (TPSA) is 94.7 Å². The predicted molar refractivity (Wildman–Crippen MR) is 38.9 cm³/mol. The Morgan fingerprint density at radius 3 is 2.15 bits per heavy atom. The van der Waals surface area contributed by atoms with Crippen molar-refractivity contribution in [1.82, 2.24) is 0 Å². The van der Waals surface area contributed by atoms with Crippen LogP contribution in [0.25, 0.3) is 5.32 Å². The van der Waals surface area contributed by atoms with Gasteiger partial charge in [0.15, 0.2) is 5.57 Å². The Bertz CT molecular complexity index is 288. The minimum Gasteiger partial charge on any atom is -0.495 e. The summed E-state index contributed by atoms with van der Waals surface area (Å²) in [5.74, 6) is -0.218. The van der Waals surface area contributed by atoms with E-state index in [1.807, 2.05) is 0 Å². The van der Waals surface area contributed by atoms with Crippen LogP contribution in [0, 0.1) is 34.1 Å². The van der Waals surface area contributed by atoms with E-state index < -0.39 is 0 Å². The van der Waals surface area contributed by atoms with E-state index >= 15 is 0 Å². The minimum atomic E-state index is -0.293. The molecule has 0 spiro atoms. The number of hydrogen-bond acceptors (Lipinski definition) is 4. The molecule has 0 aromatic carbocycles. The van der Waals surface area contributed by atoms with Crippen molar-refractivity contribution in [1.29, 1.82) is 15.8 Å². The summed E-state index contributed by atoms with van der Waals surface area (Å²) in [4.78, 5) is 0. The van der Waals surface area contributed by atoms with Crippen LogP contribution >= 0.6 is 0 Å². The molecule has 0 atom stereocenters. The van der Waals surface area contributed by atoms with Crippen molar-refractivity contribution in [3.05, 3.63) is 16.8 Å². The summed E-state index contributed by atoms with van der Waals surface area (Å²) in [7, 11) is 0. The van der Waals surface area contributed by atoms with Crippen molar-refractivity contribution < 1.29 is 34.3 Å². The summed E-state index contributed by atoms with van der Waals surface area (Å²) >= 11 is 0. The first-order valence-electron chi connectivity index (χ1n) is 3.07. The van der Waals surface area contributed by atoms with Crippen LogP contribution < -0.4 is 29.6 Å². The van der Waals surface area contributed by atoms with Crippen LogP contribution in [0.3, 0.4) is 0 Å². The predicted octanol–water partition coefficient (Wildman–Crippen LogP) is -1.86. The molecule has 0 amide bonds. The zero-order valence-electron chi connectivity index (χ0n) is 7.40. The fraction of sp³-hybridized carbons (Fsp3) is 0.286. The van der Waals surface area contributed by atoms with Gasteiger partial charge in [-0.3, -0.25) is 0 Å². The Morgan fingerprint density at radius 2 is 1.85 bits per heavy atom. The van der Waals surface area contributed by atoms with E-state index in [1.54, 1.807) is 19.1 Å². The van der Waals surface area contributed by atoms with Crippen molar-refractivity contribution in [2.24, 2.45) is 0 Å². The Hall–Kier alpha value is -1.19. The molecule has 0 bridgehead atoms. The monoisotopic (exact) mass is 184 g/mol. The van der Waals surface area contributed by atoms with Crippen LogP contribution in [0.4, 0.5) is 0 Å². The number of ether oxygens (including phenoxy) is 1. The van der Waals surface area contributed by atoms with Crippen molar-refractivity contribution >= 4 is 0 Å². The van der Waals surface area contributed by atoms with E-state index in [2.05, 4.69) is 5.32 Å². The van der Waals surface area contributed by atoms with Gasteiger partial charge in [0.1, 0.15) is 18.0 Å². The zero-order chi connectivity index (χ0) is 9.40. The average Bonchev–Trinajstić information content (AvgIpc) is 2.07. The zero-order valence-corrected chi connectivity index (χ0v) is 9.40. The van der Waals surface area contributed by atoms with Gasteiger partial charge in [-0.25, -0.2) is 0 Å². The van der Waals surface area contributed by atoms with E-state index in [-0.39, 0.29) is 47.6 Å². The molecule has 0 fully saturated rings. The summed E-state index contributed by atoms with van der Waals surface area (Å²) in [6, 6.07) is 3.14. The molecule has 0 N–H and O–H groups in total. The van der Waals surface area contributed by atoms with E-state index in [0.717, 1.165) is 0 Å². The number of nitriles is 3. The molecule has 0 unspecified atom stereocenters. The summed E-state index contributed by atoms with van der Waals surface area (Å²) in [5, 5.41) is 28.1. The molecule has 13 heavy (non-hydrogen) atoms. The van der Waals surface area contributed by atoms with Crippen LogP contribution in [0.15, 0.2) is 11.5 Å². The third-order valence-corrected chi connectivity index (χ3v) is 0.870. The van der Waals surface area contributed by atoms with Crippen LogP contribution in [-0.2, 0) is 4.74 Å². The second-order valence-electron chi connectivity index (χ2n) is 1.55. The molecule has 0 rings (SSSR count). The fourth-order valence-electron chi connectivity index (χ4n) is 0.463. The second kappa shape index (κ2) is 8.90. The maximum Gasteiger partial charge on any atom is 1.00 e. The van der Waals surface area contributed by atoms with Gasteiger partial charge in [-0.2, -0.15) is 10.5 Å². The van der Waals surface area contributed by atoms with E-state index in [1.165, 1.54) is 6.19 Å². The van der Waals surface area contributed by atoms with Gasteiger partial charge < -0.3 is 15.3 Å². The third-order valence-electron chi connectivity index (χ3n) is 0.870. The van der Waals surface area contributed by atoms with Gasteiger partial charge in [-0.15, -0.1) is 0 Å². The first kappa shape index (κ1) is 14.3. The summed E-state index contributed by atoms with van der Waals surface area (Å²) in [6.45, 7) is 1.92. The van der Waals surface area contributed by atoms with Gasteiger partial charge >= 0.3 is 29.6 Å². The van der Waals surface area contributed by atoms with E-state index in [4.69, 9.17) is 20.5 Å². The molecule has 0 aromatic heterocycles. The molecule has 0 radical (unpaired) electrons. The SMILES string of the molecule is CCOC([N-]C#N)=C(C#N)C#N.[Na+]. The molecule has 60 valence electrons. The molecule has 0 aromatic rings. The van der Waals surface area contributed by atoms with Gasteiger partial charge in [0.25, 0.3) is 0 Å². The number of rotatable bonds is 3. The fourth-order valence-corrected chi connectivity index (χ4v) is 0.463. The maximum atomic E-state index is 8.37.